The zero-order valence-electron chi connectivity index (χ0n) is 33.6. The van der Waals surface area contributed by atoms with Crippen molar-refractivity contribution in [2.45, 2.75) is 43.4 Å². The molecule has 7 aromatic rings. The first-order valence-electron chi connectivity index (χ1n) is 21.3. The summed E-state index contributed by atoms with van der Waals surface area (Å²) in [4.78, 5) is 5.25. The Kier molecular flexibility index (Phi) is 7.63. The number of para-hydroxylation sites is 1. The molecule has 60 heavy (non-hydrogen) atoms. The molecule has 1 atom stereocenters. The summed E-state index contributed by atoms with van der Waals surface area (Å²) < 4.78 is 2.32. The number of imidazole rings is 1. The number of allylic oxidation sites excluding steroid dienone is 9. The summed E-state index contributed by atoms with van der Waals surface area (Å²) in [7, 11) is 0. The lowest BCUT2D eigenvalue weighted by Gasteiger charge is -2.52. The maximum Gasteiger partial charge on any atom is 0.145 e. The summed E-state index contributed by atoms with van der Waals surface area (Å²) in [6.45, 7) is 2.09. The Morgan fingerprint density at radius 3 is 1.88 bits per heavy atom. The van der Waals surface area contributed by atoms with Gasteiger partial charge in [0.25, 0.3) is 0 Å². The fourth-order valence-corrected chi connectivity index (χ4v) is 11.5. The van der Waals surface area contributed by atoms with Gasteiger partial charge in [-0.3, -0.25) is 4.57 Å². The average molecular weight is 767 g/mol. The van der Waals surface area contributed by atoms with Crippen LogP contribution in [-0.4, -0.2) is 9.55 Å². The maximum atomic E-state index is 6.83. The molecule has 5 aliphatic rings. The van der Waals surface area contributed by atoms with Gasteiger partial charge in [-0.25, -0.2) is 4.98 Å². The molecule has 1 aromatic heterocycles. The molecular weight excluding hydrogens is 725 g/mol. The summed E-state index contributed by atoms with van der Waals surface area (Å²) in [5.41, 5.74) is 20.9. The predicted octanol–water partition coefficient (Wildman–Crippen LogP) is 13.4. The Morgan fingerprint density at radius 2 is 1.20 bits per heavy atom. The molecule has 0 N–H and O–H groups in total. The van der Waals surface area contributed by atoms with E-state index in [1.165, 1.54) is 66.9 Å². The first kappa shape index (κ1) is 34.8. The molecule has 1 unspecified atom stereocenters. The van der Waals surface area contributed by atoms with Crippen molar-refractivity contribution in [1.82, 2.24) is 9.55 Å². The van der Waals surface area contributed by atoms with Gasteiger partial charge in [0, 0.05) is 16.8 Å². The van der Waals surface area contributed by atoms with Crippen LogP contribution in [0.1, 0.15) is 71.0 Å². The van der Waals surface area contributed by atoms with Crippen LogP contribution in [0.4, 0.5) is 0 Å². The Balaban J connectivity index is 1.13. The molecule has 5 aliphatic carbocycles. The summed E-state index contributed by atoms with van der Waals surface area (Å²) in [6.07, 6.45) is 24.7. The highest BCUT2D eigenvalue weighted by Crippen LogP contribution is 2.69. The molecule has 2 heteroatoms. The van der Waals surface area contributed by atoms with E-state index >= 15 is 0 Å². The van der Waals surface area contributed by atoms with Crippen LogP contribution < -0.4 is 0 Å². The number of nitrogens with zero attached hydrogens (tertiary/aromatic N) is 2. The summed E-state index contributed by atoms with van der Waals surface area (Å²) >= 11 is 0. The minimum Gasteiger partial charge on any atom is -0.293 e. The van der Waals surface area contributed by atoms with Gasteiger partial charge in [0.15, 0.2) is 0 Å². The molecule has 6 aromatic carbocycles. The van der Waals surface area contributed by atoms with Crippen LogP contribution in [-0.2, 0) is 17.3 Å². The molecule has 0 aliphatic heterocycles. The molecular formula is C58H42N2. The van der Waals surface area contributed by atoms with Gasteiger partial charge in [0.1, 0.15) is 5.82 Å². The molecule has 284 valence electrons. The Labute approximate surface area is 352 Å². The maximum absolute atomic E-state index is 6.83. The van der Waals surface area contributed by atoms with Gasteiger partial charge in [-0.05, 0) is 129 Å². The Hall–Kier alpha value is -7.21. The number of hydrogen-bond acceptors (Lipinski definition) is 1. The van der Waals surface area contributed by atoms with E-state index < -0.39 is 10.8 Å². The lowest BCUT2D eigenvalue weighted by Crippen LogP contribution is -2.46. The molecule has 2 nitrogen and oxygen atoms in total. The standard InChI is InChI=1S/C58H42N2/c1-3-18-42-43-21-8-11-24-47(43)57(46(42)4-2)50-27-14-15-28-51(50)58(48-25-12-9-22-44(48)45-23-10-13-26-49(45)58)52-36-35-40(37-53(52)57)38-31-33-39(34-32-38)56-59-54-29-16-17-30-55(54)60(56)41-19-6-5-7-20-41/h2-3,5-13,17-28,30-37H,14-16,29H2,1H3/b18-3-. The predicted molar refractivity (Wildman–Crippen MR) is 247 cm³/mol. The fourth-order valence-electron chi connectivity index (χ4n) is 11.5. The van der Waals surface area contributed by atoms with Gasteiger partial charge in [0.05, 0.1) is 22.2 Å². The van der Waals surface area contributed by atoms with E-state index in [1.807, 2.05) is 0 Å². The van der Waals surface area contributed by atoms with E-state index in [2.05, 4.69) is 199 Å². The van der Waals surface area contributed by atoms with E-state index in [-0.39, 0.29) is 0 Å². The van der Waals surface area contributed by atoms with E-state index in [0.717, 1.165) is 65.2 Å². The van der Waals surface area contributed by atoms with Gasteiger partial charge >= 0.3 is 0 Å². The highest BCUT2D eigenvalue weighted by atomic mass is 15.1. The van der Waals surface area contributed by atoms with Crippen molar-refractivity contribution in [3.05, 3.63) is 237 Å². The number of terminal acetylenes is 1. The molecule has 0 radical (unpaired) electrons. The van der Waals surface area contributed by atoms with Crippen LogP contribution in [0.3, 0.4) is 0 Å². The normalized spacial score (nSPS) is 18.7. The lowest BCUT2D eigenvalue weighted by molar-refractivity contribution is 0.603. The molecule has 0 bridgehead atoms. The van der Waals surface area contributed by atoms with E-state index in [4.69, 9.17) is 11.4 Å². The first-order chi connectivity index (χ1) is 29.7. The fraction of sp³-hybridized carbons (Fsp3) is 0.121. The third-order valence-electron chi connectivity index (χ3n) is 13.8. The smallest absolute Gasteiger partial charge is 0.145 e. The second kappa shape index (κ2) is 13.2. The topological polar surface area (TPSA) is 17.8 Å². The highest BCUT2D eigenvalue weighted by molar-refractivity contribution is 5.98. The molecule has 0 saturated carbocycles. The lowest BCUT2D eigenvalue weighted by atomic mass is 9.49. The van der Waals surface area contributed by atoms with Crippen molar-refractivity contribution in [3.8, 4) is 51.7 Å². The molecule has 0 saturated heterocycles. The van der Waals surface area contributed by atoms with Gasteiger partial charge in [-0.15, -0.1) is 6.42 Å². The average Bonchev–Trinajstić information content (AvgIpc) is 3.94. The molecule has 0 amide bonds. The summed E-state index contributed by atoms with van der Waals surface area (Å²) in [5, 5.41) is 0. The first-order valence-corrected chi connectivity index (χ1v) is 21.3. The van der Waals surface area contributed by atoms with E-state index in [9.17, 15) is 0 Å². The molecule has 12 rings (SSSR count). The molecule has 1 heterocycles. The second-order valence-corrected chi connectivity index (χ2v) is 16.6. The van der Waals surface area contributed by atoms with Crippen molar-refractivity contribution in [1.29, 1.82) is 0 Å². The van der Waals surface area contributed by atoms with Gasteiger partial charge in [0.2, 0.25) is 0 Å². The zero-order chi connectivity index (χ0) is 40.0. The van der Waals surface area contributed by atoms with Crippen molar-refractivity contribution in [2.24, 2.45) is 0 Å². The number of hydrogen-bond donors (Lipinski definition) is 0. The Morgan fingerprint density at radius 1 is 0.600 bits per heavy atom. The summed E-state index contributed by atoms with van der Waals surface area (Å²) in [6, 6.07) is 54.1. The number of aromatic nitrogens is 2. The van der Waals surface area contributed by atoms with Gasteiger partial charge in [-0.2, -0.15) is 0 Å². The third kappa shape index (κ3) is 4.47. The van der Waals surface area contributed by atoms with Crippen LogP contribution >= 0.6 is 0 Å². The van der Waals surface area contributed by atoms with Crippen molar-refractivity contribution in [3.63, 3.8) is 0 Å². The number of benzene rings is 6. The van der Waals surface area contributed by atoms with Crippen molar-refractivity contribution >= 4 is 11.6 Å². The number of aryl methyl sites for hydroxylation is 1. The highest BCUT2D eigenvalue weighted by Gasteiger charge is 2.61. The van der Waals surface area contributed by atoms with Crippen LogP contribution in [0.5, 0.6) is 0 Å². The molecule has 2 spiro atoms. The van der Waals surface area contributed by atoms with Gasteiger partial charge < -0.3 is 0 Å². The number of rotatable bonds is 4. The monoisotopic (exact) mass is 766 g/mol. The van der Waals surface area contributed by atoms with Crippen LogP contribution in [0.15, 0.2) is 193 Å². The van der Waals surface area contributed by atoms with Gasteiger partial charge in [-0.1, -0.05) is 164 Å². The Bertz CT molecular complexity index is 3110. The summed E-state index contributed by atoms with van der Waals surface area (Å²) in [5.74, 6) is 4.34. The largest absolute Gasteiger partial charge is 0.293 e. The van der Waals surface area contributed by atoms with Crippen LogP contribution in [0.25, 0.3) is 51.0 Å². The van der Waals surface area contributed by atoms with Crippen LogP contribution in [0.2, 0.25) is 0 Å². The van der Waals surface area contributed by atoms with E-state index in [1.54, 1.807) is 0 Å². The SMILES string of the molecule is C#CC1=C(/C=C\C)c2ccccc2C12C1=CCCC=C1C1(c3ccccc3-c3ccccc31)c1ccc(-c3ccc(-c4nc5c(n4-c4ccccc4)C=CCC5)cc3)cc12. The van der Waals surface area contributed by atoms with Crippen molar-refractivity contribution < 1.29 is 0 Å². The van der Waals surface area contributed by atoms with E-state index in [0.29, 0.717) is 0 Å². The van der Waals surface area contributed by atoms with Crippen molar-refractivity contribution in [2.75, 3.05) is 0 Å². The third-order valence-corrected chi connectivity index (χ3v) is 13.8. The number of fused-ring (bicyclic) bond motifs is 14. The minimum atomic E-state index is -0.664. The van der Waals surface area contributed by atoms with Crippen LogP contribution in [0, 0.1) is 12.3 Å². The quantitative estimate of drug-likeness (QED) is 0.163. The second-order valence-electron chi connectivity index (χ2n) is 16.6. The minimum absolute atomic E-state index is 0.498. The molecule has 0 fully saturated rings. The zero-order valence-corrected chi connectivity index (χ0v) is 33.6.